The van der Waals surface area contributed by atoms with Crippen molar-refractivity contribution in [3.63, 3.8) is 0 Å². The van der Waals surface area contributed by atoms with Crippen LogP contribution >= 0.6 is 23.2 Å². The second-order valence-corrected chi connectivity index (χ2v) is 7.20. The fourth-order valence-corrected chi connectivity index (χ4v) is 2.81. The van der Waals surface area contributed by atoms with E-state index in [9.17, 15) is 26.4 Å². The molecule has 0 amide bonds. The number of aryl methyl sites for hydroxylation is 2. The van der Waals surface area contributed by atoms with Crippen LogP contribution < -0.4 is 8.92 Å². The van der Waals surface area contributed by atoms with E-state index in [1.165, 1.54) is 18.7 Å². The average Bonchev–Trinajstić information content (AvgIpc) is 2.76. The molecular formula is C13H9Cl2F3N2O5S. The number of aromatic nitrogens is 2. The van der Waals surface area contributed by atoms with E-state index in [0.717, 1.165) is 12.1 Å². The first-order valence-electron chi connectivity index (χ1n) is 6.53. The predicted molar refractivity (Wildman–Crippen MR) is 85.5 cm³/mol. The van der Waals surface area contributed by atoms with Gasteiger partial charge in [0.1, 0.15) is 0 Å². The summed E-state index contributed by atoms with van der Waals surface area (Å²) in [5.41, 5.74) is -5.25. The van der Waals surface area contributed by atoms with Crippen molar-refractivity contribution in [3.8, 4) is 17.4 Å². The van der Waals surface area contributed by atoms with Gasteiger partial charge in [-0.2, -0.15) is 26.7 Å². The molecule has 0 fully saturated rings. The summed E-state index contributed by atoms with van der Waals surface area (Å²) in [4.78, 5) is 11.1. The maximum Gasteiger partial charge on any atom is 0.534 e. The van der Waals surface area contributed by atoms with Gasteiger partial charge in [0, 0.05) is 13.1 Å². The highest BCUT2D eigenvalue weighted by Crippen LogP contribution is 2.40. The maximum atomic E-state index is 12.5. The summed E-state index contributed by atoms with van der Waals surface area (Å²) in [6.07, 6.45) is 0.465. The number of ether oxygens (including phenoxy) is 1. The number of benzene rings is 1. The number of nitrogens with zero attached hydrogens (tertiary/aromatic N) is 2. The second kappa shape index (κ2) is 6.97. The Labute approximate surface area is 155 Å². The highest BCUT2D eigenvalue weighted by Gasteiger charge is 2.48. The van der Waals surface area contributed by atoms with Crippen LogP contribution in [0.25, 0.3) is 0 Å². The Balaban J connectivity index is 2.48. The zero-order valence-corrected chi connectivity index (χ0v) is 15.3. The minimum Gasteiger partial charge on any atom is -0.437 e. The van der Waals surface area contributed by atoms with Gasteiger partial charge >= 0.3 is 15.6 Å². The summed E-state index contributed by atoms with van der Waals surface area (Å²) in [6.45, 7) is 1.53. The van der Waals surface area contributed by atoms with Gasteiger partial charge in [0.15, 0.2) is 17.8 Å². The first-order valence-corrected chi connectivity index (χ1v) is 8.70. The van der Waals surface area contributed by atoms with E-state index in [4.69, 9.17) is 27.9 Å². The molecule has 0 atom stereocenters. The fraction of sp³-hybridized carbons (Fsp3) is 0.231. The molecule has 0 unspecified atom stereocenters. The molecule has 0 saturated carbocycles. The molecule has 2 rings (SSSR count). The number of halogens is 5. The SMILES string of the molecule is Cc1nn(C)c(Oc2cc(OS(=O)(=O)C(F)(F)F)c(Cl)cc2Cl)c1C=O. The van der Waals surface area contributed by atoms with E-state index < -0.39 is 26.4 Å². The summed E-state index contributed by atoms with van der Waals surface area (Å²) in [7, 11) is -4.50. The molecule has 0 aliphatic rings. The smallest absolute Gasteiger partial charge is 0.437 e. The van der Waals surface area contributed by atoms with Gasteiger partial charge in [0.05, 0.1) is 21.3 Å². The first-order chi connectivity index (χ1) is 11.9. The molecule has 0 bridgehead atoms. The van der Waals surface area contributed by atoms with E-state index >= 15 is 0 Å². The minimum atomic E-state index is -5.95. The van der Waals surface area contributed by atoms with Crippen LogP contribution in [0.4, 0.5) is 13.2 Å². The average molecular weight is 433 g/mol. The van der Waals surface area contributed by atoms with Crippen LogP contribution in [-0.2, 0) is 17.2 Å². The molecule has 142 valence electrons. The zero-order valence-electron chi connectivity index (χ0n) is 13.0. The van der Waals surface area contributed by atoms with Crippen LogP contribution in [0.5, 0.6) is 17.4 Å². The van der Waals surface area contributed by atoms with Crippen molar-refractivity contribution in [3.05, 3.63) is 33.4 Å². The van der Waals surface area contributed by atoms with E-state index in [0.29, 0.717) is 12.0 Å². The fourth-order valence-electron chi connectivity index (χ4n) is 1.83. The molecule has 0 aliphatic heterocycles. The lowest BCUT2D eigenvalue weighted by Crippen LogP contribution is -2.28. The van der Waals surface area contributed by atoms with Crippen LogP contribution in [-0.4, -0.2) is 30.0 Å². The van der Waals surface area contributed by atoms with Crippen molar-refractivity contribution in [2.45, 2.75) is 12.4 Å². The van der Waals surface area contributed by atoms with Gasteiger partial charge in [-0.15, -0.1) is 0 Å². The highest BCUT2D eigenvalue weighted by atomic mass is 35.5. The zero-order chi connectivity index (χ0) is 19.9. The molecule has 0 N–H and O–H groups in total. The van der Waals surface area contributed by atoms with Crippen molar-refractivity contribution in [1.29, 1.82) is 0 Å². The summed E-state index contributed by atoms with van der Waals surface area (Å²) < 4.78 is 70.3. The Bertz CT molecular complexity index is 973. The Morgan fingerprint density at radius 3 is 2.31 bits per heavy atom. The molecule has 2 aromatic rings. The number of alkyl halides is 3. The third-order valence-corrected chi connectivity index (χ3v) is 4.56. The maximum absolute atomic E-state index is 12.5. The molecule has 13 heteroatoms. The Kier molecular flexibility index (Phi) is 5.45. The molecular weight excluding hydrogens is 424 g/mol. The van der Waals surface area contributed by atoms with Crippen molar-refractivity contribution in [2.24, 2.45) is 7.05 Å². The van der Waals surface area contributed by atoms with Crippen molar-refractivity contribution in [1.82, 2.24) is 9.78 Å². The van der Waals surface area contributed by atoms with Crippen LogP contribution in [0.15, 0.2) is 12.1 Å². The number of carbonyl (C=O) groups is 1. The van der Waals surface area contributed by atoms with Crippen LogP contribution in [0.2, 0.25) is 10.0 Å². The van der Waals surface area contributed by atoms with E-state index in [1.807, 2.05) is 0 Å². The van der Waals surface area contributed by atoms with Gasteiger partial charge in [-0.25, -0.2) is 4.68 Å². The lowest BCUT2D eigenvalue weighted by atomic mass is 10.3. The minimum absolute atomic E-state index is 0.0636. The lowest BCUT2D eigenvalue weighted by molar-refractivity contribution is -0.0500. The molecule has 0 radical (unpaired) electrons. The second-order valence-electron chi connectivity index (χ2n) is 4.84. The van der Waals surface area contributed by atoms with Crippen LogP contribution in [0.1, 0.15) is 16.1 Å². The quantitative estimate of drug-likeness (QED) is 0.404. The van der Waals surface area contributed by atoms with E-state index in [1.54, 1.807) is 0 Å². The van der Waals surface area contributed by atoms with E-state index in [2.05, 4.69) is 9.28 Å². The van der Waals surface area contributed by atoms with Gasteiger partial charge in [0.25, 0.3) is 0 Å². The largest absolute Gasteiger partial charge is 0.534 e. The number of hydrogen-bond donors (Lipinski definition) is 0. The summed E-state index contributed by atoms with van der Waals surface area (Å²) in [5.74, 6) is -1.21. The van der Waals surface area contributed by atoms with Gasteiger partial charge in [0.2, 0.25) is 5.88 Å². The Morgan fingerprint density at radius 1 is 1.19 bits per heavy atom. The predicted octanol–water partition coefficient (Wildman–Crippen LogP) is 3.87. The topological polar surface area (TPSA) is 87.5 Å². The third-order valence-electron chi connectivity index (χ3n) is 3.01. The summed E-state index contributed by atoms with van der Waals surface area (Å²) in [6, 6.07) is 1.69. The normalized spacial score (nSPS) is 12.1. The molecule has 1 heterocycles. The number of rotatable bonds is 5. The molecule has 1 aromatic carbocycles. The van der Waals surface area contributed by atoms with Gasteiger partial charge in [-0.3, -0.25) is 4.79 Å². The van der Waals surface area contributed by atoms with Crippen molar-refractivity contribution >= 4 is 39.6 Å². The molecule has 0 aliphatic carbocycles. The van der Waals surface area contributed by atoms with Crippen molar-refractivity contribution < 1.29 is 35.3 Å². The summed E-state index contributed by atoms with van der Waals surface area (Å²) >= 11 is 11.6. The van der Waals surface area contributed by atoms with Gasteiger partial charge in [-0.05, 0) is 13.0 Å². The third kappa shape index (κ3) is 3.89. The number of aldehydes is 1. The number of hydrogen-bond acceptors (Lipinski definition) is 6. The molecule has 7 nitrogen and oxygen atoms in total. The lowest BCUT2D eigenvalue weighted by Gasteiger charge is -2.13. The standard InChI is InChI=1S/C13H9Cl2F3N2O5S/c1-6-7(5-21)12(20(2)19-6)24-10-4-11(9(15)3-8(10)14)25-26(22,23)13(16,17)18/h3-5H,1-2H3. The monoisotopic (exact) mass is 432 g/mol. The molecule has 0 saturated heterocycles. The summed E-state index contributed by atoms with van der Waals surface area (Å²) in [5, 5.41) is 3.30. The molecule has 26 heavy (non-hydrogen) atoms. The Hall–Kier alpha value is -1.98. The Morgan fingerprint density at radius 2 is 1.77 bits per heavy atom. The van der Waals surface area contributed by atoms with Crippen molar-refractivity contribution in [2.75, 3.05) is 0 Å². The van der Waals surface area contributed by atoms with Gasteiger partial charge < -0.3 is 8.92 Å². The first kappa shape index (κ1) is 20.3. The van der Waals surface area contributed by atoms with Crippen LogP contribution in [0, 0.1) is 6.92 Å². The molecule has 0 spiro atoms. The van der Waals surface area contributed by atoms with Crippen LogP contribution in [0.3, 0.4) is 0 Å². The number of carbonyl (C=O) groups excluding carboxylic acids is 1. The molecule has 1 aromatic heterocycles. The highest BCUT2D eigenvalue weighted by molar-refractivity contribution is 7.88. The van der Waals surface area contributed by atoms with E-state index in [-0.39, 0.29) is 22.2 Å². The van der Waals surface area contributed by atoms with Gasteiger partial charge in [-0.1, -0.05) is 23.2 Å².